The average Bonchev–Trinajstić information content (AvgIpc) is 3.17. The predicted molar refractivity (Wildman–Crippen MR) is 131 cm³/mol. The van der Waals surface area contributed by atoms with Gasteiger partial charge in [-0.3, -0.25) is 9.78 Å². The predicted octanol–water partition coefficient (Wildman–Crippen LogP) is 6.28. The zero-order chi connectivity index (χ0) is 21.9. The highest BCUT2D eigenvalue weighted by Gasteiger charge is 2.20. The van der Waals surface area contributed by atoms with Gasteiger partial charge in [0.05, 0.1) is 11.2 Å². The van der Waals surface area contributed by atoms with E-state index < -0.39 is 0 Å². The quantitative estimate of drug-likeness (QED) is 0.352. The van der Waals surface area contributed by atoms with E-state index in [0.29, 0.717) is 6.42 Å². The summed E-state index contributed by atoms with van der Waals surface area (Å²) < 4.78 is 2.17. The Balaban J connectivity index is 1.42. The van der Waals surface area contributed by atoms with E-state index >= 15 is 0 Å². The van der Waals surface area contributed by atoms with E-state index in [4.69, 9.17) is 0 Å². The molecule has 0 spiro atoms. The molecule has 3 aromatic carbocycles. The van der Waals surface area contributed by atoms with Gasteiger partial charge in [0.15, 0.2) is 0 Å². The van der Waals surface area contributed by atoms with E-state index in [2.05, 4.69) is 76.6 Å². The minimum absolute atomic E-state index is 0.00400. The number of hydrogen-bond donors (Lipinski definition) is 1. The number of nitrogens with one attached hydrogen (secondary N) is 1. The van der Waals surface area contributed by atoms with Gasteiger partial charge in [-0.25, -0.2) is 0 Å². The van der Waals surface area contributed by atoms with Crippen LogP contribution in [0.5, 0.6) is 0 Å². The van der Waals surface area contributed by atoms with Gasteiger partial charge in [-0.05, 0) is 35.7 Å². The number of fused-ring (bicyclic) bond motifs is 2. The number of rotatable bonds is 6. The van der Waals surface area contributed by atoms with Gasteiger partial charge in [-0.2, -0.15) is 0 Å². The first-order chi connectivity index (χ1) is 15.7. The second kappa shape index (κ2) is 8.67. The summed E-state index contributed by atoms with van der Waals surface area (Å²) in [6.45, 7) is 0. The number of amides is 1. The van der Waals surface area contributed by atoms with Crippen LogP contribution in [0.15, 0.2) is 97.3 Å². The topological polar surface area (TPSA) is 46.9 Å². The summed E-state index contributed by atoms with van der Waals surface area (Å²) in [5, 5.41) is 5.33. The molecule has 1 unspecified atom stereocenters. The molecule has 0 radical (unpaired) electrons. The fourth-order valence-electron chi connectivity index (χ4n) is 4.53. The molecule has 5 rings (SSSR count). The van der Waals surface area contributed by atoms with Gasteiger partial charge in [-0.1, -0.05) is 66.7 Å². The molecule has 5 aromatic rings. The highest BCUT2D eigenvalue weighted by atomic mass is 16.1. The Labute approximate surface area is 187 Å². The second-order valence-electron chi connectivity index (χ2n) is 8.14. The van der Waals surface area contributed by atoms with Crippen molar-refractivity contribution in [3.63, 3.8) is 0 Å². The van der Waals surface area contributed by atoms with Crippen molar-refractivity contribution in [2.24, 2.45) is 7.05 Å². The Morgan fingerprint density at radius 1 is 0.938 bits per heavy atom. The zero-order valence-corrected chi connectivity index (χ0v) is 18.0. The van der Waals surface area contributed by atoms with Crippen LogP contribution >= 0.6 is 0 Å². The first-order valence-electron chi connectivity index (χ1n) is 10.9. The Morgan fingerprint density at radius 3 is 2.59 bits per heavy atom. The van der Waals surface area contributed by atoms with Crippen molar-refractivity contribution < 1.29 is 4.79 Å². The van der Waals surface area contributed by atoms with Gasteiger partial charge >= 0.3 is 0 Å². The summed E-state index contributed by atoms with van der Waals surface area (Å²) in [6, 6.07) is 28.7. The van der Waals surface area contributed by atoms with Crippen molar-refractivity contribution in [3.05, 3.63) is 108 Å². The number of para-hydroxylation sites is 2. The molecule has 1 amide bonds. The summed E-state index contributed by atoms with van der Waals surface area (Å²) in [4.78, 5) is 17.4. The van der Waals surface area contributed by atoms with Crippen LogP contribution in [0.25, 0.3) is 21.8 Å². The van der Waals surface area contributed by atoms with E-state index in [-0.39, 0.29) is 11.8 Å². The molecule has 0 saturated carbocycles. The number of pyridine rings is 1. The van der Waals surface area contributed by atoms with Crippen molar-refractivity contribution in [1.29, 1.82) is 0 Å². The van der Waals surface area contributed by atoms with E-state index in [1.54, 1.807) is 6.20 Å². The highest BCUT2D eigenvalue weighted by Crippen LogP contribution is 2.35. The number of carbonyl (C=O) groups excluding carboxylic acids is 1. The molecule has 1 N–H and O–H groups in total. The SMILES string of the molecule is Cn1cc(C(CCC(=O)Nc2cccc3cccnc23)c2ccccc2)c2ccccc21. The smallest absolute Gasteiger partial charge is 0.224 e. The molecule has 2 aromatic heterocycles. The summed E-state index contributed by atoms with van der Waals surface area (Å²) in [6.07, 6.45) is 5.10. The number of nitrogens with zero attached hydrogens (tertiary/aromatic N) is 2. The van der Waals surface area contributed by atoms with Crippen LogP contribution in [0.1, 0.15) is 29.9 Å². The van der Waals surface area contributed by atoms with E-state index in [1.807, 2.05) is 36.4 Å². The lowest BCUT2D eigenvalue weighted by Crippen LogP contribution is -2.14. The van der Waals surface area contributed by atoms with Gasteiger partial charge in [0.1, 0.15) is 0 Å². The van der Waals surface area contributed by atoms with Gasteiger partial charge in [0, 0.05) is 48.1 Å². The Morgan fingerprint density at radius 2 is 1.72 bits per heavy atom. The highest BCUT2D eigenvalue weighted by molar-refractivity contribution is 6.00. The molecule has 0 aliphatic carbocycles. The van der Waals surface area contributed by atoms with Gasteiger partial charge in [0.25, 0.3) is 0 Å². The van der Waals surface area contributed by atoms with Crippen molar-refractivity contribution in [2.45, 2.75) is 18.8 Å². The molecule has 2 heterocycles. The molecule has 0 aliphatic rings. The summed E-state index contributed by atoms with van der Waals surface area (Å²) in [5.41, 5.74) is 5.26. The molecule has 0 bridgehead atoms. The lowest BCUT2D eigenvalue weighted by molar-refractivity contribution is -0.116. The normalized spacial score (nSPS) is 12.2. The number of anilines is 1. The van der Waals surface area contributed by atoms with E-state index in [1.165, 1.54) is 22.0 Å². The molecule has 1 atom stereocenters. The van der Waals surface area contributed by atoms with Crippen LogP contribution in [-0.4, -0.2) is 15.5 Å². The standard InChI is InChI=1S/C28H25N3O/c1-31-19-24(23-13-5-6-15-26(23)31)22(20-9-3-2-4-10-20)16-17-27(32)30-25-14-7-11-21-12-8-18-29-28(21)25/h2-15,18-19,22H,16-17H2,1H3,(H,30,32). The third-order valence-electron chi connectivity index (χ3n) is 6.07. The van der Waals surface area contributed by atoms with Crippen LogP contribution in [0, 0.1) is 0 Å². The number of hydrogen-bond acceptors (Lipinski definition) is 2. The maximum absolute atomic E-state index is 12.9. The minimum atomic E-state index is 0.00400. The fraction of sp³-hybridized carbons (Fsp3) is 0.143. The number of aryl methyl sites for hydroxylation is 1. The Bertz CT molecular complexity index is 1380. The van der Waals surface area contributed by atoms with Crippen molar-refractivity contribution in [3.8, 4) is 0 Å². The van der Waals surface area contributed by atoms with Crippen LogP contribution in [-0.2, 0) is 11.8 Å². The van der Waals surface area contributed by atoms with Crippen LogP contribution in [0.2, 0.25) is 0 Å². The lowest BCUT2D eigenvalue weighted by Gasteiger charge is -2.17. The molecule has 4 nitrogen and oxygen atoms in total. The zero-order valence-electron chi connectivity index (χ0n) is 18.0. The number of carbonyl (C=O) groups is 1. The lowest BCUT2D eigenvalue weighted by atomic mass is 9.87. The van der Waals surface area contributed by atoms with Gasteiger partial charge in [-0.15, -0.1) is 0 Å². The fourth-order valence-corrected chi connectivity index (χ4v) is 4.53. The Kier molecular flexibility index (Phi) is 5.42. The second-order valence-corrected chi connectivity index (χ2v) is 8.14. The molecule has 4 heteroatoms. The molecule has 158 valence electrons. The maximum atomic E-state index is 12.9. The first-order valence-corrected chi connectivity index (χ1v) is 10.9. The third kappa shape index (κ3) is 3.87. The van der Waals surface area contributed by atoms with E-state index in [0.717, 1.165) is 23.0 Å². The molecule has 32 heavy (non-hydrogen) atoms. The summed E-state index contributed by atoms with van der Waals surface area (Å²) >= 11 is 0. The average molecular weight is 420 g/mol. The van der Waals surface area contributed by atoms with Crippen molar-refractivity contribution >= 4 is 33.4 Å². The molecular formula is C28H25N3O. The van der Waals surface area contributed by atoms with E-state index in [9.17, 15) is 4.79 Å². The van der Waals surface area contributed by atoms with Crippen molar-refractivity contribution in [1.82, 2.24) is 9.55 Å². The van der Waals surface area contributed by atoms with Gasteiger partial charge < -0.3 is 9.88 Å². The third-order valence-corrected chi connectivity index (χ3v) is 6.07. The molecule has 0 saturated heterocycles. The molecular weight excluding hydrogens is 394 g/mol. The van der Waals surface area contributed by atoms with Crippen LogP contribution in [0.3, 0.4) is 0 Å². The van der Waals surface area contributed by atoms with Crippen LogP contribution in [0.4, 0.5) is 5.69 Å². The summed E-state index contributed by atoms with van der Waals surface area (Å²) in [7, 11) is 2.08. The minimum Gasteiger partial charge on any atom is -0.350 e. The first kappa shape index (κ1) is 20.0. The van der Waals surface area contributed by atoms with Crippen molar-refractivity contribution in [2.75, 3.05) is 5.32 Å². The number of aromatic nitrogens is 2. The number of benzene rings is 3. The molecule has 0 fully saturated rings. The summed E-state index contributed by atoms with van der Waals surface area (Å²) in [5.74, 6) is 0.142. The molecule has 0 aliphatic heterocycles. The largest absolute Gasteiger partial charge is 0.350 e. The maximum Gasteiger partial charge on any atom is 0.224 e. The monoisotopic (exact) mass is 419 g/mol. The van der Waals surface area contributed by atoms with Crippen LogP contribution < -0.4 is 5.32 Å². The van der Waals surface area contributed by atoms with Gasteiger partial charge in [0.2, 0.25) is 5.91 Å². The Hall–Kier alpha value is -3.92.